The topological polar surface area (TPSA) is 3.24 Å². The molecular weight excluding hydrogens is 270 g/mol. The normalized spacial score (nSPS) is 17.0. The summed E-state index contributed by atoms with van der Waals surface area (Å²) in [7, 11) is 0. The third-order valence-electron chi connectivity index (χ3n) is 3.19. The zero-order valence-corrected chi connectivity index (χ0v) is 11.6. The molecule has 1 fully saturated rings. The zero-order chi connectivity index (χ0) is 10.7. The van der Waals surface area contributed by atoms with E-state index in [-0.39, 0.29) is 0 Å². The highest BCUT2D eigenvalue weighted by atomic mass is 79.9. The quantitative estimate of drug-likeness (QED) is 0.787. The highest BCUT2D eigenvalue weighted by molar-refractivity contribution is 9.10. The molecule has 0 aromatic carbocycles. The van der Waals surface area contributed by atoms with Crippen molar-refractivity contribution in [3.8, 4) is 0 Å². The molecule has 15 heavy (non-hydrogen) atoms. The van der Waals surface area contributed by atoms with Crippen LogP contribution in [0.25, 0.3) is 0 Å². The van der Waals surface area contributed by atoms with Gasteiger partial charge in [0.1, 0.15) is 0 Å². The molecule has 1 aromatic rings. The molecule has 2 rings (SSSR count). The maximum absolute atomic E-state index is 3.51. The van der Waals surface area contributed by atoms with Crippen LogP contribution < -0.4 is 0 Å². The van der Waals surface area contributed by atoms with Gasteiger partial charge in [-0.25, -0.2) is 0 Å². The Morgan fingerprint density at radius 3 is 2.80 bits per heavy atom. The predicted octanol–water partition coefficient (Wildman–Crippen LogP) is 4.13. The number of thiophene rings is 1. The van der Waals surface area contributed by atoms with E-state index < -0.39 is 0 Å². The largest absolute Gasteiger partial charge is 0.298 e. The van der Waals surface area contributed by atoms with Gasteiger partial charge >= 0.3 is 0 Å². The minimum atomic E-state index is 0.980. The van der Waals surface area contributed by atoms with Crippen molar-refractivity contribution in [2.75, 3.05) is 13.1 Å². The Bertz CT molecular complexity index is 306. The fourth-order valence-corrected chi connectivity index (χ4v) is 3.50. The first-order valence-electron chi connectivity index (χ1n) is 5.73. The first kappa shape index (κ1) is 11.6. The van der Waals surface area contributed by atoms with Gasteiger partial charge in [-0.05, 0) is 47.3 Å². The molecule has 1 aromatic heterocycles. The second kappa shape index (κ2) is 5.46. The van der Waals surface area contributed by atoms with E-state index in [2.05, 4.69) is 39.2 Å². The van der Waals surface area contributed by atoms with Gasteiger partial charge in [0.05, 0.1) is 0 Å². The monoisotopic (exact) mass is 287 g/mol. The van der Waals surface area contributed by atoms with E-state index in [0.29, 0.717) is 0 Å². The molecule has 0 N–H and O–H groups in total. The third kappa shape index (κ3) is 3.30. The van der Waals surface area contributed by atoms with Gasteiger partial charge in [-0.15, -0.1) is 11.3 Å². The second-order valence-electron chi connectivity index (χ2n) is 4.36. The van der Waals surface area contributed by atoms with Crippen LogP contribution in [-0.2, 0) is 6.54 Å². The average molecular weight is 288 g/mol. The fraction of sp³-hybridized carbons (Fsp3) is 0.667. The lowest BCUT2D eigenvalue weighted by atomic mass is 9.85. The van der Waals surface area contributed by atoms with Crippen molar-refractivity contribution in [2.24, 2.45) is 5.92 Å². The maximum Gasteiger partial charge on any atom is 0.0328 e. The number of hydrogen-bond acceptors (Lipinski definition) is 2. The molecule has 0 radical (unpaired) electrons. The molecular formula is C12H18BrNS. The molecule has 1 aliphatic rings. The summed E-state index contributed by atoms with van der Waals surface area (Å²) in [6.07, 6.45) is 4.35. The Balaban J connectivity index is 1.84. The summed E-state index contributed by atoms with van der Waals surface area (Å²) >= 11 is 5.37. The molecule has 0 aliphatic heterocycles. The Hall–Kier alpha value is 0.140. The number of nitrogens with zero attached hydrogens (tertiary/aromatic N) is 1. The molecule has 0 saturated heterocycles. The van der Waals surface area contributed by atoms with E-state index in [1.54, 1.807) is 0 Å². The molecule has 3 heteroatoms. The van der Waals surface area contributed by atoms with Crippen LogP contribution in [0.15, 0.2) is 15.9 Å². The predicted molar refractivity (Wildman–Crippen MR) is 70.3 cm³/mol. The van der Waals surface area contributed by atoms with Crippen molar-refractivity contribution in [3.05, 3.63) is 20.8 Å². The summed E-state index contributed by atoms with van der Waals surface area (Å²) in [5.41, 5.74) is 0. The van der Waals surface area contributed by atoms with E-state index in [1.807, 2.05) is 11.3 Å². The van der Waals surface area contributed by atoms with E-state index in [4.69, 9.17) is 0 Å². The SMILES string of the molecule is CCN(Cc1cc(Br)cs1)CC1CCC1. The van der Waals surface area contributed by atoms with Crippen LogP contribution >= 0.6 is 27.3 Å². The lowest BCUT2D eigenvalue weighted by Gasteiger charge is -2.31. The molecule has 0 bridgehead atoms. The van der Waals surface area contributed by atoms with Gasteiger partial charge in [-0.1, -0.05) is 13.3 Å². The molecule has 1 aliphatic carbocycles. The average Bonchev–Trinajstić information content (AvgIpc) is 2.55. The van der Waals surface area contributed by atoms with Gasteiger partial charge in [0, 0.05) is 27.8 Å². The van der Waals surface area contributed by atoms with Crippen molar-refractivity contribution in [2.45, 2.75) is 32.7 Å². The van der Waals surface area contributed by atoms with Gasteiger partial charge in [0.2, 0.25) is 0 Å². The van der Waals surface area contributed by atoms with Crippen LogP contribution in [0.1, 0.15) is 31.1 Å². The van der Waals surface area contributed by atoms with Gasteiger partial charge in [0.15, 0.2) is 0 Å². The van der Waals surface area contributed by atoms with Gasteiger partial charge in [-0.2, -0.15) is 0 Å². The molecule has 0 unspecified atom stereocenters. The number of hydrogen-bond donors (Lipinski definition) is 0. The standard InChI is InChI=1S/C12H18BrNS/c1-2-14(7-10-4-3-5-10)8-12-6-11(13)9-15-12/h6,9-10H,2-5,7-8H2,1H3. The Kier molecular flexibility index (Phi) is 4.23. The van der Waals surface area contributed by atoms with Gasteiger partial charge in [-0.3, -0.25) is 4.90 Å². The van der Waals surface area contributed by atoms with Gasteiger partial charge in [0.25, 0.3) is 0 Å². The summed E-state index contributed by atoms with van der Waals surface area (Å²) in [6, 6.07) is 2.24. The highest BCUT2D eigenvalue weighted by Gasteiger charge is 2.20. The van der Waals surface area contributed by atoms with Crippen molar-refractivity contribution in [1.29, 1.82) is 0 Å². The minimum Gasteiger partial charge on any atom is -0.298 e. The van der Waals surface area contributed by atoms with Crippen LogP contribution in [0.3, 0.4) is 0 Å². The van der Waals surface area contributed by atoms with Crippen LogP contribution in [0.4, 0.5) is 0 Å². The summed E-state index contributed by atoms with van der Waals surface area (Å²) in [6.45, 7) is 5.86. The first-order chi connectivity index (χ1) is 7.28. The van der Waals surface area contributed by atoms with Crippen molar-refractivity contribution in [3.63, 3.8) is 0 Å². The van der Waals surface area contributed by atoms with Crippen LogP contribution in [0, 0.1) is 5.92 Å². The number of halogens is 1. The van der Waals surface area contributed by atoms with Crippen molar-refractivity contribution < 1.29 is 0 Å². The molecule has 1 nitrogen and oxygen atoms in total. The molecule has 0 atom stereocenters. The third-order valence-corrected chi connectivity index (χ3v) is 4.87. The van der Waals surface area contributed by atoms with Crippen LogP contribution in [0.5, 0.6) is 0 Å². The molecule has 0 amide bonds. The van der Waals surface area contributed by atoms with E-state index in [0.717, 1.165) is 12.5 Å². The smallest absolute Gasteiger partial charge is 0.0328 e. The van der Waals surface area contributed by atoms with E-state index in [9.17, 15) is 0 Å². The highest BCUT2D eigenvalue weighted by Crippen LogP contribution is 2.28. The number of rotatable bonds is 5. The Labute approximate surface area is 105 Å². The molecule has 1 heterocycles. The minimum absolute atomic E-state index is 0.980. The molecule has 1 saturated carbocycles. The maximum atomic E-state index is 3.51. The van der Waals surface area contributed by atoms with Crippen molar-refractivity contribution >= 4 is 27.3 Å². The van der Waals surface area contributed by atoms with E-state index >= 15 is 0 Å². The van der Waals surface area contributed by atoms with Crippen LogP contribution in [-0.4, -0.2) is 18.0 Å². The Morgan fingerprint density at radius 2 is 2.33 bits per heavy atom. The van der Waals surface area contributed by atoms with E-state index in [1.165, 1.54) is 41.7 Å². The lowest BCUT2D eigenvalue weighted by molar-refractivity contribution is 0.179. The second-order valence-corrected chi connectivity index (χ2v) is 6.27. The summed E-state index contributed by atoms with van der Waals surface area (Å²) in [5.74, 6) is 0.980. The molecule has 0 spiro atoms. The first-order valence-corrected chi connectivity index (χ1v) is 7.40. The summed E-state index contributed by atoms with van der Waals surface area (Å²) in [5, 5.41) is 2.17. The summed E-state index contributed by atoms with van der Waals surface area (Å²) in [4.78, 5) is 4.05. The fourth-order valence-electron chi connectivity index (χ4n) is 2.00. The Morgan fingerprint density at radius 1 is 1.53 bits per heavy atom. The zero-order valence-electron chi connectivity index (χ0n) is 9.21. The van der Waals surface area contributed by atoms with Crippen LogP contribution in [0.2, 0.25) is 0 Å². The molecule has 84 valence electrons. The lowest BCUT2D eigenvalue weighted by Crippen LogP contribution is -2.31. The van der Waals surface area contributed by atoms with Gasteiger partial charge < -0.3 is 0 Å². The van der Waals surface area contributed by atoms with Crippen molar-refractivity contribution in [1.82, 2.24) is 4.90 Å². The summed E-state index contributed by atoms with van der Waals surface area (Å²) < 4.78 is 1.22.